The van der Waals surface area contributed by atoms with Crippen LogP contribution in [0.5, 0.6) is 0 Å². The zero-order chi connectivity index (χ0) is 11.7. The predicted octanol–water partition coefficient (Wildman–Crippen LogP) is 3.32. The highest BCUT2D eigenvalue weighted by molar-refractivity contribution is 5.80. The Labute approximate surface area is 94.1 Å². The number of carbonyl (C=O) groups is 1. The molecular weight excluding hydrogens is 188 g/mol. The first-order valence-electron chi connectivity index (χ1n) is 6.28. The highest BCUT2D eigenvalue weighted by Gasteiger charge is 2.13. The molecule has 0 bridgehead atoms. The summed E-state index contributed by atoms with van der Waals surface area (Å²) in [5.74, 6) is 0.232. The summed E-state index contributed by atoms with van der Waals surface area (Å²) in [6.07, 6.45) is 6.71. The number of unbranched alkanes of at least 4 members (excludes halogenated alkanes) is 4. The van der Waals surface area contributed by atoms with E-state index in [1.807, 2.05) is 13.8 Å². The minimum absolute atomic E-state index is 0.0553. The van der Waals surface area contributed by atoms with Crippen molar-refractivity contribution in [3.63, 3.8) is 0 Å². The Kier molecular flexibility index (Phi) is 8.68. The number of aliphatic hydroxyl groups excluding tert-OH is 1. The fourth-order valence-electron chi connectivity index (χ4n) is 1.55. The van der Waals surface area contributed by atoms with Gasteiger partial charge >= 0.3 is 0 Å². The maximum absolute atomic E-state index is 11.3. The average Bonchev–Trinajstić information content (AvgIpc) is 2.17. The molecule has 2 heteroatoms. The third-order valence-corrected chi connectivity index (χ3v) is 2.72. The summed E-state index contributed by atoms with van der Waals surface area (Å²) in [7, 11) is 0. The van der Waals surface area contributed by atoms with Crippen molar-refractivity contribution in [1.29, 1.82) is 0 Å². The Morgan fingerprint density at radius 2 is 1.73 bits per heavy atom. The Bertz CT molecular complexity index is 164. The van der Waals surface area contributed by atoms with Crippen LogP contribution in [-0.4, -0.2) is 17.0 Å². The molecule has 1 unspecified atom stereocenters. The van der Waals surface area contributed by atoms with E-state index in [-0.39, 0.29) is 11.7 Å². The molecule has 0 aromatic carbocycles. The SMILES string of the molecule is CCCCCCCC(O)CC(=O)C(C)C. The van der Waals surface area contributed by atoms with Crippen molar-refractivity contribution in [3.05, 3.63) is 0 Å². The molecule has 0 aliphatic heterocycles. The molecule has 0 aromatic rings. The van der Waals surface area contributed by atoms with Gasteiger partial charge in [0.25, 0.3) is 0 Å². The molecule has 2 nitrogen and oxygen atoms in total. The van der Waals surface area contributed by atoms with E-state index in [1.54, 1.807) is 0 Å². The van der Waals surface area contributed by atoms with Gasteiger partial charge in [0.05, 0.1) is 6.10 Å². The van der Waals surface area contributed by atoms with E-state index in [0.717, 1.165) is 12.8 Å². The lowest BCUT2D eigenvalue weighted by atomic mass is 9.99. The first-order chi connectivity index (χ1) is 7.07. The van der Waals surface area contributed by atoms with Gasteiger partial charge < -0.3 is 5.11 Å². The molecule has 90 valence electrons. The molecule has 0 rings (SSSR count). The molecule has 0 aliphatic rings. The van der Waals surface area contributed by atoms with E-state index in [1.165, 1.54) is 25.7 Å². The summed E-state index contributed by atoms with van der Waals surface area (Å²) in [6.45, 7) is 5.96. The van der Waals surface area contributed by atoms with E-state index >= 15 is 0 Å². The fourth-order valence-corrected chi connectivity index (χ4v) is 1.55. The van der Waals surface area contributed by atoms with Crippen molar-refractivity contribution in [3.8, 4) is 0 Å². The molecule has 1 atom stereocenters. The summed E-state index contributed by atoms with van der Waals surface area (Å²) in [5.41, 5.74) is 0. The van der Waals surface area contributed by atoms with Gasteiger partial charge in [0.2, 0.25) is 0 Å². The van der Waals surface area contributed by atoms with Gasteiger partial charge in [0.1, 0.15) is 5.78 Å². The second-order valence-corrected chi connectivity index (χ2v) is 4.68. The quantitative estimate of drug-likeness (QED) is 0.598. The highest BCUT2D eigenvalue weighted by atomic mass is 16.3. The summed E-state index contributed by atoms with van der Waals surface area (Å²) >= 11 is 0. The van der Waals surface area contributed by atoms with Crippen LogP contribution in [0.3, 0.4) is 0 Å². The maximum Gasteiger partial charge on any atom is 0.137 e. The van der Waals surface area contributed by atoms with Crippen molar-refractivity contribution < 1.29 is 9.90 Å². The van der Waals surface area contributed by atoms with E-state index in [4.69, 9.17) is 0 Å². The number of hydrogen-bond donors (Lipinski definition) is 1. The first kappa shape index (κ1) is 14.6. The molecule has 0 spiro atoms. The second-order valence-electron chi connectivity index (χ2n) is 4.68. The molecular formula is C13H26O2. The van der Waals surface area contributed by atoms with Crippen molar-refractivity contribution in [2.75, 3.05) is 0 Å². The Balaban J connectivity index is 3.41. The van der Waals surface area contributed by atoms with Crippen LogP contribution in [0.4, 0.5) is 0 Å². The van der Waals surface area contributed by atoms with Crippen LogP contribution in [0.1, 0.15) is 65.7 Å². The van der Waals surface area contributed by atoms with E-state index in [0.29, 0.717) is 6.42 Å². The minimum Gasteiger partial charge on any atom is -0.393 e. The van der Waals surface area contributed by atoms with Crippen molar-refractivity contribution >= 4 is 5.78 Å². The van der Waals surface area contributed by atoms with Crippen LogP contribution in [0.25, 0.3) is 0 Å². The number of Topliss-reactive ketones (excluding diaryl/α,β-unsaturated/α-hetero) is 1. The molecule has 0 heterocycles. The van der Waals surface area contributed by atoms with E-state index in [2.05, 4.69) is 6.92 Å². The fraction of sp³-hybridized carbons (Fsp3) is 0.923. The summed E-state index contributed by atoms with van der Waals surface area (Å²) in [4.78, 5) is 11.3. The number of hydrogen-bond acceptors (Lipinski definition) is 2. The molecule has 1 N–H and O–H groups in total. The zero-order valence-electron chi connectivity index (χ0n) is 10.5. The number of rotatable bonds is 9. The first-order valence-corrected chi connectivity index (χ1v) is 6.28. The normalized spacial score (nSPS) is 13.1. The maximum atomic E-state index is 11.3. The lowest BCUT2D eigenvalue weighted by molar-refractivity contribution is -0.123. The van der Waals surface area contributed by atoms with Gasteiger partial charge in [-0.3, -0.25) is 4.79 Å². The third kappa shape index (κ3) is 8.61. The van der Waals surface area contributed by atoms with Gasteiger partial charge in [-0.15, -0.1) is 0 Å². The van der Waals surface area contributed by atoms with Gasteiger partial charge in [0.15, 0.2) is 0 Å². The highest BCUT2D eigenvalue weighted by Crippen LogP contribution is 2.11. The molecule has 0 aromatic heterocycles. The van der Waals surface area contributed by atoms with Gasteiger partial charge in [-0.2, -0.15) is 0 Å². The van der Waals surface area contributed by atoms with Crippen molar-refractivity contribution in [2.24, 2.45) is 5.92 Å². The van der Waals surface area contributed by atoms with Crippen LogP contribution in [0.2, 0.25) is 0 Å². The summed E-state index contributed by atoms with van der Waals surface area (Å²) < 4.78 is 0. The average molecular weight is 214 g/mol. The lowest BCUT2D eigenvalue weighted by Gasteiger charge is -2.11. The standard InChI is InChI=1S/C13H26O2/c1-4-5-6-7-8-9-12(14)10-13(15)11(2)3/h11-12,14H,4-10H2,1-3H3. The van der Waals surface area contributed by atoms with Crippen LogP contribution in [-0.2, 0) is 4.79 Å². The third-order valence-electron chi connectivity index (χ3n) is 2.72. The van der Waals surface area contributed by atoms with Crippen molar-refractivity contribution in [2.45, 2.75) is 71.8 Å². The molecule has 0 aliphatic carbocycles. The van der Waals surface area contributed by atoms with Gasteiger partial charge in [-0.1, -0.05) is 52.9 Å². The summed E-state index contributed by atoms with van der Waals surface area (Å²) in [6, 6.07) is 0. The molecule has 0 amide bonds. The van der Waals surface area contributed by atoms with E-state index in [9.17, 15) is 9.90 Å². The Morgan fingerprint density at radius 3 is 2.27 bits per heavy atom. The minimum atomic E-state index is -0.415. The molecule has 0 saturated carbocycles. The van der Waals surface area contributed by atoms with Crippen LogP contribution in [0, 0.1) is 5.92 Å². The second kappa shape index (κ2) is 8.90. The van der Waals surface area contributed by atoms with Gasteiger partial charge in [-0.05, 0) is 6.42 Å². The molecule has 0 fully saturated rings. The van der Waals surface area contributed by atoms with Crippen LogP contribution >= 0.6 is 0 Å². The topological polar surface area (TPSA) is 37.3 Å². The monoisotopic (exact) mass is 214 g/mol. The van der Waals surface area contributed by atoms with Crippen LogP contribution < -0.4 is 0 Å². The molecule has 0 radical (unpaired) electrons. The number of ketones is 1. The number of carbonyl (C=O) groups excluding carboxylic acids is 1. The zero-order valence-corrected chi connectivity index (χ0v) is 10.5. The van der Waals surface area contributed by atoms with Crippen molar-refractivity contribution in [1.82, 2.24) is 0 Å². The molecule has 0 saturated heterocycles. The Morgan fingerprint density at radius 1 is 1.13 bits per heavy atom. The smallest absolute Gasteiger partial charge is 0.137 e. The molecule has 15 heavy (non-hydrogen) atoms. The number of aliphatic hydroxyl groups is 1. The Hall–Kier alpha value is -0.370. The predicted molar refractivity (Wildman–Crippen MR) is 63.8 cm³/mol. The van der Waals surface area contributed by atoms with E-state index < -0.39 is 6.10 Å². The summed E-state index contributed by atoms with van der Waals surface area (Å²) in [5, 5.41) is 9.60. The van der Waals surface area contributed by atoms with Gasteiger partial charge in [0, 0.05) is 12.3 Å². The van der Waals surface area contributed by atoms with Gasteiger partial charge in [-0.25, -0.2) is 0 Å². The largest absolute Gasteiger partial charge is 0.393 e. The van der Waals surface area contributed by atoms with Crippen LogP contribution in [0.15, 0.2) is 0 Å². The lowest BCUT2D eigenvalue weighted by Crippen LogP contribution is -2.17.